The number of benzene rings is 1. The standard InChI is InChI=1S/C13H17I2NO2/c1-8(13(2,3)7-17)16-6-9-4-10(14)5-11(15)12(9)18/h4-6,8,17-18H,7H2,1-3H3/b16-6+/t8-/m1/s1. The van der Waals surface area contributed by atoms with Crippen molar-refractivity contribution < 1.29 is 10.2 Å². The van der Waals surface area contributed by atoms with E-state index < -0.39 is 0 Å². The van der Waals surface area contributed by atoms with E-state index in [2.05, 4.69) is 50.2 Å². The first kappa shape index (κ1) is 16.2. The predicted molar refractivity (Wildman–Crippen MR) is 91.5 cm³/mol. The molecule has 1 atom stereocenters. The van der Waals surface area contributed by atoms with E-state index >= 15 is 0 Å². The number of aliphatic imine (C=N–C) groups is 1. The molecule has 0 saturated heterocycles. The predicted octanol–water partition coefficient (Wildman–Crippen LogP) is 3.43. The van der Waals surface area contributed by atoms with Gasteiger partial charge in [-0.1, -0.05) is 13.8 Å². The zero-order valence-electron chi connectivity index (χ0n) is 10.6. The van der Waals surface area contributed by atoms with Gasteiger partial charge in [0.25, 0.3) is 0 Å². The summed E-state index contributed by atoms with van der Waals surface area (Å²) in [6.45, 7) is 5.98. The minimum absolute atomic E-state index is 0.0163. The zero-order chi connectivity index (χ0) is 13.9. The van der Waals surface area contributed by atoms with Crippen LogP contribution < -0.4 is 0 Å². The van der Waals surface area contributed by atoms with Crippen LogP contribution >= 0.6 is 45.2 Å². The highest BCUT2D eigenvalue weighted by Gasteiger charge is 2.23. The van der Waals surface area contributed by atoms with Crippen LogP contribution in [0.5, 0.6) is 5.75 Å². The SMILES string of the molecule is C[C@@H](/N=C/c1cc(I)cc(I)c1O)C(C)(C)CO. The summed E-state index contributed by atoms with van der Waals surface area (Å²) in [6, 6.07) is 3.78. The number of halogens is 2. The molecule has 100 valence electrons. The number of phenols is 1. The average Bonchev–Trinajstić information content (AvgIpc) is 2.31. The van der Waals surface area contributed by atoms with Crippen molar-refractivity contribution in [2.45, 2.75) is 26.8 Å². The van der Waals surface area contributed by atoms with Gasteiger partial charge in [-0.2, -0.15) is 0 Å². The number of aliphatic hydroxyl groups is 1. The first-order valence-corrected chi connectivity index (χ1v) is 7.75. The van der Waals surface area contributed by atoms with Gasteiger partial charge in [0.15, 0.2) is 0 Å². The van der Waals surface area contributed by atoms with Gasteiger partial charge >= 0.3 is 0 Å². The Hall–Kier alpha value is 0.110. The smallest absolute Gasteiger partial charge is 0.137 e. The van der Waals surface area contributed by atoms with Crippen molar-refractivity contribution in [2.75, 3.05) is 6.61 Å². The number of aliphatic hydroxyl groups excluding tert-OH is 1. The number of rotatable bonds is 4. The molecule has 0 saturated carbocycles. The van der Waals surface area contributed by atoms with Gasteiger partial charge in [0.05, 0.1) is 16.2 Å². The second-order valence-corrected chi connectivity index (χ2v) is 7.33. The van der Waals surface area contributed by atoms with Crippen LogP contribution in [0.1, 0.15) is 26.3 Å². The molecule has 2 N–H and O–H groups in total. The largest absolute Gasteiger partial charge is 0.506 e. The monoisotopic (exact) mass is 473 g/mol. The normalized spacial score (nSPS) is 14.1. The van der Waals surface area contributed by atoms with Gasteiger partial charge in [-0.05, 0) is 64.2 Å². The van der Waals surface area contributed by atoms with Crippen LogP contribution in [0.3, 0.4) is 0 Å². The third kappa shape index (κ3) is 4.06. The molecule has 0 aliphatic rings. The molecule has 0 fully saturated rings. The van der Waals surface area contributed by atoms with Crippen LogP contribution in [0.2, 0.25) is 0 Å². The van der Waals surface area contributed by atoms with Gasteiger partial charge in [0.2, 0.25) is 0 Å². The van der Waals surface area contributed by atoms with E-state index in [1.54, 1.807) is 6.21 Å². The number of hydrogen-bond acceptors (Lipinski definition) is 3. The van der Waals surface area contributed by atoms with Crippen LogP contribution in [-0.4, -0.2) is 29.1 Å². The fourth-order valence-corrected chi connectivity index (χ4v) is 3.10. The Morgan fingerprint density at radius 1 is 1.39 bits per heavy atom. The number of nitrogens with zero attached hydrogens (tertiary/aromatic N) is 1. The van der Waals surface area contributed by atoms with Gasteiger partial charge in [0.1, 0.15) is 5.75 Å². The molecule has 1 aromatic rings. The third-order valence-electron chi connectivity index (χ3n) is 3.03. The zero-order valence-corrected chi connectivity index (χ0v) is 14.9. The summed E-state index contributed by atoms with van der Waals surface area (Å²) in [5.41, 5.74) is 0.452. The topological polar surface area (TPSA) is 52.8 Å². The van der Waals surface area contributed by atoms with Crippen molar-refractivity contribution in [2.24, 2.45) is 10.4 Å². The highest BCUT2D eigenvalue weighted by Crippen LogP contribution is 2.27. The molecule has 5 heteroatoms. The molecule has 0 heterocycles. The van der Waals surface area contributed by atoms with Crippen molar-refractivity contribution >= 4 is 51.4 Å². The van der Waals surface area contributed by atoms with E-state index in [9.17, 15) is 10.2 Å². The van der Waals surface area contributed by atoms with Crippen molar-refractivity contribution in [1.82, 2.24) is 0 Å². The van der Waals surface area contributed by atoms with Gasteiger partial charge in [-0.15, -0.1) is 0 Å². The summed E-state index contributed by atoms with van der Waals surface area (Å²) >= 11 is 4.31. The molecule has 1 aromatic carbocycles. The van der Waals surface area contributed by atoms with Gasteiger partial charge < -0.3 is 10.2 Å². The van der Waals surface area contributed by atoms with Crippen molar-refractivity contribution in [3.8, 4) is 5.75 Å². The molecule has 0 unspecified atom stereocenters. The van der Waals surface area contributed by atoms with Crippen molar-refractivity contribution in [3.63, 3.8) is 0 Å². The minimum atomic E-state index is -0.263. The van der Waals surface area contributed by atoms with Crippen molar-refractivity contribution in [3.05, 3.63) is 24.8 Å². The van der Waals surface area contributed by atoms with E-state index in [1.165, 1.54) is 0 Å². The number of aromatic hydroxyl groups is 1. The van der Waals surface area contributed by atoms with Gasteiger partial charge in [-0.25, -0.2) is 0 Å². The molecule has 0 aromatic heterocycles. The Balaban J connectivity index is 2.98. The van der Waals surface area contributed by atoms with Gasteiger partial charge in [0, 0.05) is 20.8 Å². The maximum Gasteiger partial charge on any atom is 0.137 e. The molecule has 0 aliphatic heterocycles. The molecule has 3 nitrogen and oxygen atoms in total. The Bertz CT molecular complexity index is 459. The van der Waals surface area contributed by atoms with E-state index in [-0.39, 0.29) is 23.8 Å². The first-order chi connectivity index (χ1) is 8.27. The summed E-state index contributed by atoms with van der Waals surface area (Å²) in [5.74, 6) is 0.258. The third-order valence-corrected chi connectivity index (χ3v) is 4.48. The second-order valence-electron chi connectivity index (χ2n) is 4.93. The molecule has 0 radical (unpaired) electrons. The lowest BCUT2D eigenvalue weighted by molar-refractivity contribution is 0.139. The molecule has 0 bridgehead atoms. The Kier molecular flexibility index (Phi) is 5.85. The molecule has 0 spiro atoms. The van der Waals surface area contributed by atoms with Crippen LogP contribution in [0, 0.1) is 12.6 Å². The highest BCUT2D eigenvalue weighted by molar-refractivity contribution is 14.1. The Morgan fingerprint density at radius 3 is 2.56 bits per heavy atom. The van der Waals surface area contributed by atoms with E-state index in [0.717, 1.165) is 7.14 Å². The first-order valence-electron chi connectivity index (χ1n) is 5.60. The fourth-order valence-electron chi connectivity index (χ4n) is 1.21. The number of hydrogen-bond donors (Lipinski definition) is 2. The quantitative estimate of drug-likeness (QED) is 0.521. The van der Waals surface area contributed by atoms with Crippen LogP contribution in [0.15, 0.2) is 17.1 Å². The van der Waals surface area contributed by atoms with E-state index in [1.807, 2.05) is 32.9 Å². The summed E-state index contributed by atoms with van der Waals surface area (Å²) in [6.07, 6.45) is 1.68. The fraction of sp³-hybridized carbons (Fsp3) is 0.462. The van der Waals surface area contributed by atoms with Crippen LogP contribution in [-0.2, 0) is 0 Å². The molecule has 18 heavy (non-hydrogen) atoms. The highest BCUT2D eigenvalue weighted by atomic mass is 127. The lowest BCUT2D eigenvalue weighted by Crippen LogP contribution is -2.29. The molecule has 1 rings (SSSR count). The lowest BCUT2D eigenvalue weighted by Gasteiger charge is -2.26. The Morgan fingerprint density at radius 2 is 2.00 bits per heavy atom. The van der Waals surface area contributed by atoms with E-state index in [4.69, 9.17) is 0 Å². The second kappa shape index (κ2) is 6.51. The summed E-state index contributed by atoms with van der Waals surface area (Å²) in [4.78, 5) is 4.43. The summed E-state index contributed by atoms with van der Waals surface area (Å²) in [5, 5.41) is 19.2. The Labute approximate surface area is 135 Å². The van der Waals surface area contributed by atoms with E-state index in [0.29, 0.717) is 5.56 Å². The summed E-state index contributed by atoms with van der Waals surface area (Å²) < 4.78 is 1.88. The molecule has 0 amide bonds. The summed E-state index contributed by atoms with van der Waals surface area (Å²) in [7, 11) is 0. The number of phenolic OH excluding ortho intramolecular Hbond substituents is 1. The minimum Gasteiger partial charge on any atom is -0.506 e. The molecular weight excluding hydrogens is 456 g/mol. The maximum atomic E-state index is 9.94. The van der Waals surface area contributed by atoms with Crippen LogP contribution in [0.4, 0.5) is 0 Å². The molecule has 0 aliphatic carbocycles. The average molecular weight is 473 g/mol. The van der Waals surface area contributed by atoms with Crippen LogP contribution in [0.25, 0.3) is 0 Å². The van der Waals surface area contributed by atoms with Gasteiger partial charge in [-0.3, -0.25) is 4.99 Å². The molecular formula is C13H17I2NO2. The lowest BCUT2D eigenvalue weighted by atomic mass is 9.87. The maximum absolute atomic E-state index is 9.94. The van der Waals surface area contributed by atoms with Crippen molar-refractivity contribution in [1.29, 1.82) is 0 Å².